The maximum atomic E-state index is 4.55. The van der Waals surface area contributed by atoms with Crippen LogP contribution in [0, 0.1) is 0 Å². The van der Waals surface area contributed by atoms with Crippen LogP contribution < -0.4 is 5.32 Å². The maximum absolute atomic E-state index is 4.55. The Labute approximate surface area is 103 Å². The second kappa shape index (κ2) is 5.92. The largest absolute Gasteiger partial charge is 0.361 e. The van der Waals surface area contributed by atoms with E-state index in [-0.39, 0.29) is 0 Å². The first-order valence-corrected chi connectivity index (χ1v) is 7.36. The predicted octanol–water partition coefficient (Wildman–Crippen LogP) is 1.94. The van der Waals surface area contributed by atoms with Crippen LogP contribution in [0.1, 0.15) is 33.1 Å². The zero-order chi connectivity index (χ0) is 11.4. The predicted molar refractivity (Wildman–Crippen MR) is 72.2 cm³/mol. The van der Waals surface area contributed by atoms with Gasteiger partial charge in [-0.05, 0) is 39.3 Å². The molecule has 0 bridgehead atoms. The smallest absolute Gasteiger partial charge is 0.157 e. The number of aliphatic imine (C=N–C) groups is 1. The lowest BCUT2D eigenvalue weighted by Crippen LogP contribution is -2.39. The third-order valence-electron chi connectivity index (χ3n) is 3.27. The summed E-state index contributed by atoms with van der Waals surface area (Å²) in [7, 11) is 0. The number of hydrogen-bond acceptors (Lipinski definition) is 4. The summed E-state index contributed by atoms with van der Waals surface area (Å²) in [5, 5.41) is 5.42. The lowest BCUT2D eigenvalue weighted by molar-refractivity contribution is 0.312. The molecule has 0 amide bonds. The van der Waals surface area contributed by atoms with Gasteiger partial charge in [-0.1, -0.05) is 18.7 Å². The van der Waals surface area contributed by atoms with E-state index in [4.69, 9.17) is 0 Å². The van der Waals surface area contributed by atoms with Crippen molar-refractivity contribution >= 4 is 16.9 Å². The number of nitrogens with one attached hydrogen (secondary N) is 1. The minimum Gasteiger partial charge on any atom is -0.361 e. The van der Waals surface area contributed by atoms with Gasteiger partial charge in [0.15, 0.2) is 5.17 Å². The molecule has 2 unspecified atom stereocenters. The van der Waals surface area contributed by atoms with Gasteiger partial charge in [-0.15, -0.1) is 0 Å². The van der Waals surface area contributed by atoms with Crippen molar-refractivity contribution < 1.29 is 0 Å². The molecule has 0 aromatic carbocycles. The molecule has 2 aliphatic rings. The Bertz CT molecular complexity index is 249. The Balaban J connectivity index is 1.68. The summed E-state index contributed by atoms with van der Waals surface area (Å²) in [6.07, 6.45) is 3.97. The molecular weight excluding hydrogens is 218 g/mol. The normalized spacial score (nSPS) is 28.1. The number of hydrogen-bond donors (Lipinski definition) is 1. The van der Waals surface area contributed by atoms with Gasteiger partial charge in [0.2, 0.25) is 0 Å². The molecule has 1 fully saturated rings. The van der Waals surface area contributed by atoms with Gasteiger partial charge < -0.3 is 10.2 Å². The molecular formula is C12H23N3S. The summed E-state index contributed by atoms with van der Waals surface area (Å²) in [5.41, 5.74) is 0. The minimum absolute atomic E-state index is 0.528. The van der Waals surface area contributed by atoms with E-state index in [1.165, 1.54) is 37.5 Å². The molecule has 2 heterocycles. The van der Waals surface area contributed by atoms with Gasteiger partial charge in [-0.3, -0.25) is 4.99 Å². The van der Waals surface area contributed by atoms with E-state index in [0.29, 0.717) is 11.3 Å². The van der Waals surface area contributed by atoms with Crippen LogP contribution in [-0.2, 0) is 0 Å². The monoisotopic (exact) mass is 241 g/mol. The summed E-state index contributed by atoms with van der Waals surface area (Å²) in [6, 6.07) is 0.528. The first-order valence-electron chi connectivity index (χ1n) is 6.48. The first kappa shape index (κ1) is 12.2. The summed E-state index contributed by atoms with van der Waals surface area (Å²) in [5.74, 6) is 0. The molecule has 1 N–H and O–H groups in total. The molecule has 0 spiro atoms. The quantitative estimate of drug-likeness (QED) is 0.815. The summed E-state index contributed by atoms with van der Waals surface area (Å²) < 4.78 is 0. The molecule has 0 saturated carbocycles. The molecule has 0 aliphatic carbocycles. The van der Waals surface area contributed by atoms with E-state index in [2.05, 4.69) is 29.1 Å². The van der Waals surface area contributed by atoms with Crippen molar-refractivity contribution in [3.05, 3.63) is 0 Å². The molecule has 2 aliphatic heterocycles. The SMILES string of the molecule is CCC1CN=C(NC(C)CN2CCCC2)S1. The van der Waals surface area contributed by atoms with Crippen LogP contribution in [0.25, 0.3) is 0 Å². The van der Waals surface area contributed by atoms with Gasteiger partial charge in [0.1, 0.15) is 0 Å². The van der Waals surface area contributed by atoms with Gasteiger partial charge in [-0.25, -0.2) is 0 Å². The lowest BCUT2D eigenvalue weighted by atomic mass is 10.3. The van der Waals surface area contributed by atoms with E-state index >= 15 is 0 Å². The van der Waals surface area contributed by atoms with Crippen molar-refractivity contribution in [3.8, 4) is 0 Å². The average molecular weight is 241 g/mol. The fourth-order valence-corrected chi connectivity index (χ4v) is 3.37. The fraction of sp³-hybridized carbons (Fsp3) is 0.917. The topological polar surface area (TPSA) is 27.6 Å². The zero-order valence-electron chi connectivity index (χ0n) is 10.4. The first-order chi connectivity index (χ1) is 7.78. The van der Waals surface area contributed by atoms with Crippen LogP contribution in [0.3, 0.4) is 0 Å². The van der Waals surface area contributed by atoms with Gasteiger partial charge >= 0.3 is 0 Å². The maximum Gasteiger partial charge on any atom is 0.157 e. The van der Waals surface area contributed by atoms with Crippen molar-refractivity contribution in [3.63, 3.8) is 0 Å². The second-order valence-corrected chi connectivity index (χ2v) is 6.14. The van der Waals surface area contributed by atoms with Crippen LogP contribution in [0.5, 0.6) is 0 Å². The molecule has 3 nitrogen and oxygen atoms in total. The molecule has 92 valence electrons. The van der Waals surface area contributed by atoms with Crippen molar-refractivity contribution in [1.82, 2.24) is 10.2 Å². The van der Waals surface area contributed by atoms with E-state index in [0.717, 1.165) is 13.1 Å². The number of rotatable bonds is 4. The van der Waals surface area contributed by atoms with Crippen LogP contribution in [0.2, 0.25) is 0 Å². The number of amidine groups is 1. The third-order valence-corrected chi connectivity index (χ3v) is 4.56. The van der Waals surface area contributed by atoms with Crippen molar-refractivity contribution in [2.45, 2.75) is 44.4 Å². The molecule has 2 rings (SSSR count). The van der Waals surface area contributed by atoms with Crippen LogP contribution in [0.4, 0.5) is 0 Å². The van der Waals surface area contributed by atoms with Gasteiger partial charge in [0.25, 0.3) is 0 Å². The fourth-order valence-electron chi connectivity index (χ4n) is 2.32. The van der Waals surface area contributed by atoms with Crippen LogP contribution in [-0.4, -0.2) is 47.5 Å². The van der Waals surface area contributed by atoms with Crippen LogP contribution in [0.15, 0.2) is 4.99 Å². The zero-order valence-corrected chi connectivity index (χ0v) is 11.2. The number of likely N-dealkylation sites (tertiary alicyclic amines) is 1. The minimum atomic E-state index is 0.528. The Kier molecular flexibility index (Phi) is 4.53. The molecule has 0 radical (unpaired) electrons. The highest BCUT2D eigenvalue weighted by Gasteiger charge is 2.20. The summed E-state index contributed by atoms with van der Waals surface area (Å²) >= 11 is 1.92. The molecule has 0 aromatic rings. The lowest BCUT2D eigenvalue weighted by Gasteiger charge is -2.21. The standard InChI is InChI=1S/C12H23N3S/c1-3-11-8-13-12(16-11)14-10(2)9-15-6-4-5-7-15/h10-11H,3-9H2,1-2H3,(H,13,14). The average Bonchev–Trinajstić information content (AvgIpc) is 2.89. The Hall–Kier alpha value is -0.220. The third kappa shape index (κ3) is 3.39. The molecule has 0 aromatic heterocycles. The Morgan fingerprint density at radius 3 is 2.88 bits per heavy atom. The van der Waals surface area contributed by atoms with Crippen molar-refractivity contribution in [2.75, 3.05) is 26.2 Å². The number of nitrogens with zero attached hydrogens (tertiary/aromatic N) is 2. The van der Waals surface area contributed by atoms with E-state index in [1.807, 2.05) is 11.8 Å². The molecule has 4 heteroatoms. The molecule has 16 heavy (non-hydrogen) atoms. The molecule has 1 saturated heterocycles. The highest BCUT2D eigenvalue weighted by Crippen LogP contribution is 2.22. The summed E-state index contributed by atoms with van der Waals surface area (Å²) in [4.78, 5) is 7.10. The second-order valence-electron chi connectivity index (χ2n) is 4.85. The van der Waals surface area contributed by atoms with Crippen molar-refractivity contribution in [2.24, 2.45) is 4.99 Å². The van der Waals surface area contributed by atoms with Gasteiger partial charge in [0, 0.05) is 17.8 Å². The number of thioether (sulfide) groups is 1. The molecule has 2 atom stereocenters. The Morgan fingerprint density at radius 1 is 1.50 bits per heavy atom. The highest BCUT2D eigenvalue weighted by atomic mass is 32.2. The van der Waals surface area contributed by atoms with E-state index < -0.39 is 0 Å². The highest BCUT2D eigenvalue weighted by molar-refractivity contribution is 8.14. The van der Waals surface area contributed by atoms with Gasteiger partial charge in [0.05, 0.1) is 6.54 Å². The van der Waals surface area contributed by atoms with E-state index in [9.17, 15) is 0 Å². The van der Waals surface area contributed by atoms with Gasteiger partial charge in [-0.2, -0.15) is 0 Å². The van der Waals surface area contributed by atoms with Crippen molar-refractivity contribution in [1.29, 1.82) is 0 Å². The Morgan fingerprint density at radius 2 is 2.25 bits per heavy atom. The van der Waals surface area contributed by atoms with Crippen LogP contribution >= 0.6 is 11.8 Å². The van der Waals surface area contributed by atoms with E-state index in [1.54, 1.807) is 0 Å². The summed E-state index contributed by atoms with van der Waals surface area (Å²) in [6.45, 7) is 9.23.